The van der Waals surface area contributed by atoms with Gasteiger partial charge in [0.1, 0.15) is 6.10 Å². The van der Waals surface area contributed by atoms with Crippen molar-refractivity contribution in [3.8, 4) is 11.1 Å². The van der Waals surface area contributed by atoms with Crippen LogP contribution >= 0.6 is 23.4 Å². The highest BCUT2D eigenvalue weighted by Gasteiger charge is 2.33. The van der Waals surface area contributed by atoms with Gasteiger partial charge >= 0.3 is 0 Å². The number of carbonyl (C=O) groups is 1. The minimum absolute atomic E-state index is 0.196. The minimum Gasteiger partial charge on any atom is -0.368 e. The molecule has 3 heterocycles. The summed E-state index contributed by atoms with van der Waals surface area (Å²) in [6, 6.07) is 8.84. The molecule has 3 aliphatic rings. The quantitative estimate of drug-likeness (QED) is 0.510. The zero-order valence-corrected chi connectivity index (χ0v) is 20.7. The maximum Gasteiger partial charge on any atom is 0.251 e. The van der Waals surface area contributed by atoms with Gasteiger partial charge in [-0.05, 0) is 61.8 Å². The number of nitrogens with zero attached hydrogens (tertiary/aromatic N) is 2. The van der Waals surface area contributed by atoms with Gasteiger partial charge in [-0.3, -0.25) is 9.78 Å². The van der Waals surface area contributed by atoms with Crippen molar-refractivity contribution in [2.24, 2.45) is 5.92 Å². The van der Waals surface area contributed by atoms with E-state index in [9.17, 15) is 4.79 Å². The first-order chi connectivity index (χ1) is 16.2. The van der Waals surface area contributed by atoms with Gasteiger partial charge in [-0.25, -0.2) is 0 Å². The normalized spacial score (nSPS) is 21.8. The Morgan fingerprint density at radius 1 is 1.21 bits per heavy atom. The number of aromatic nitrogens is 1. The van der Waals surface area contributed by atoms with Crippen LogP contribution in [0.4, 0.5) is 0 Å². The molecule has 174 valence electrons. The molecule has 1 aromatic heterocycles. The number of aryl methyl sites for hydroxylation is 1. The Morgan fingerprint density at radius 2 is 2.00 bits per heavy atom. The molecule has 2 aromatic rings. The van der Waals surface area contributed by atoms with Crippen molar-refractivity contribution in [3.63, 3.8) is 0 Å². The van der Waals surface area contributed by atoms with E-state index in [2.05, 4.69) is 47.7 Å². The summed E-state index contributed by atoms with van der Waals surface area (Å²) >= 11 is 8.67. The van der Waals surface area contributed by atoms with Crippen LogP contribution in [-0.4, -0.2) is 47.8 Å². The number of benzene rings is 1. The second-order valence-electron chi connectivity index (χ2n) is 9.23. The molecule has 6 heteroatoms. The molecule has 1 aromatic carbocycles. The number of pyridine rings is 1. The Balaban J connectivity index is 1.27. The molecule has 0 radical (unpaired) electrons. The molecular weight excluding hydrogens is 452 g/mol. The molecular formula is C27H31ClN2O2S. The SMILES string of the molecule is CSC(c1ccc(-c2cnc3c(c2Cl)C=CCC3)cc1)C1CCN(C(=O)[C@H]2CCCO2)CC1. The predicted molar refractivity (Wildman–Crippen MR) is 137 cm³/mol. The lowest BCUT2D eigenvalue weighted by atomic mass is 9.88. The summed E-state index contributed by atoms with van der Waals surface area (Å²) in [5, 5.41) is 1.23. The molecule has 2 aliphatic heterocycles. The first-order valence-corrected chi connectivity index (χ1v) is 13.7. The van der Waals surface area contributed by atoms with E-state index < -0.39 is 0 Å². The molecule has 0 N–H and O–H groups in total. The summed E-state index contributed by atoms with van der Waals surface area (Å²) in [5.41, 5.74) is 5.60. The first-order valence-electron chi connectivity index (χ1n) is 12.0. The minimum atomic E-state index is -0.203. The van der Waals surface area contributed by atoms with Crippen LogP contribution in [-0.2, 0) is 16.0 Å². The number of thioether (sulfide) groups is 1. The number of fused-ring (bicyclic) bond motifs is 1. The van der Waals surface area contributed by atoms with Crippen LogP contribution in [0.1, 0.15) is 54.2 Å². The topological polar surface area (TPSA) is 42.4 Å². The second-order valence-corrected chi connectivity index (χ2v) is 10.6. The van der Waals surface area contributed by atoms with Crippen molar-refractivity contribution in [2.75, 3.05) is 26.0 Å². The largest absolute Gasteiger partial charge is 0.368 e. The summed E-state index contributed by atoms with van der Waals surface area (Å²) in [6.45, 7) is 2.39. The van der Waals surface area contributed by atoms with Crippen LogP contribution in [0, 0.1) is 5.92 Å². The highest BCUT2D eigenvalue weighted by molar-refractivity contribution is 7.98. The van der Waals surface area contributed by atoms with Gasteiger partial charge in [-0.2, -0.15) is 11.8 Å². The monoisotopic (exact) mass is 482 g/mol. The Labute approximate surface area is 205 Å². The number of ether oxygens (including phenoxy) is 1. The third kappa shape index (κ3) is 4.73. The molecule has 0 spiro atoms. The molecule has 2 saturated heterocycles. The molecule has 5 rings (SSSR count). The fraction of sp³-hybridized carbons (Fsp3) is 0.481. The van der Waals surface area contributed by atoms with Gasteiger partial charge in [0, 0.05) is 48.0 Å². The Bertz CT molecular complexity index is 1030. The number of likely N-dealkylation sites (tertiary alicyclic amines) is 1. The number of amides is 1. The number of halogens is 1. The van der Waals surface area contributed by atoms with Crippen molar-refractivity contribution < 1.29 is 9.53 Å². The number of allylic oxidation sites excluding steroid dienone is 1. The molecule has 4 nitrogen and oxygen atoms in total. The second kappa shape index (κ2) is 10.2. The summed E-state index contributed by atoms with van der Waals surface area (Å²) in [6.07, 6.45) is 14.1. The standard InChI is InChI=1S/C27H31ClN2O2S/c1-33-26(20-12-14-30(15-13-20)27(31)24-7-4-16-32-24)19-10-8-18(9-11-19)22-17-29-23-6-3-2-5-21(23)25(22)28/h2,5,8-11,17,20,24,26H,3-4,6-7,12-16H2,1H3/t24-,26?/m1/s1. The fourth-order valence-corrected chi connectivity index (χ4v) is 6.80. The van der Waals surface area contributed by atoms with Crippen LogP contribution in [0.2, 0.25) is 5.02 Å². The van der Waals surface area contributed by atoms with Crippen molar-refractivity contribution in [1.29, 1.82) is 0 Å². The lowest BCUT2D eigenvalue weighted by Gasteiger charge is -2.36. The number of hydrogen-bond acceptors (Lipinski definition) is 4. The summed E-state index contributed by atoms with van der Waals surface area (Å²) < 4.78 is 5.61. The van der Waals surface area contributed by atoms with E-state index in [4.69, 9.17) is 16.3 Å². The van der Waals surface area contributed by atoms with Crippen molar-refractivity contribution in [2.45, 2.75) is 49.9 Å². The average Bonchev–Trinajstić information content (AvgIpc) is 3.41. The summed E-state index contributed by atoms with van der Waals surface area (Å²) in [7, 11) is 0. The van der Waals surface area contributed by atoms with Crippen LogP contribution in [0.15, 0.2) is 36.5 Å². The van der Waals surface area contributed by atoms with Gasteiger partial charge in [-0.1, -0.05) is 48.0 Å². The number of rotatable bonds is 5. The van der Waals surface area contributed by atoms with E-state index in [-0.39, 0.29) is 12.0 Å². The summed E-state index contributed by atoms with van der Waals surface area (Å²) in [5.74, 6) is 0.764. The number of hydrogen-bond donors (Lipinski definition) is 0. The Morgan fingerprint density at radius 3 is 2.70 bits per heavy atom. The Kier molecular flexibility index (Phi) is 7.10. The van der Waals surface area contributed by atoms with Crippen molar-refractivity contribution in [3.05, 3.63) is 58.4 Å². The number of piperidine rings is 1. The molecule has 0 bridgehead atoms. The smallest absolute Gasteiger partial charge is 0.251 e. The van der Waals surface area contributed by atoms with E-state index in [0.29, 0.717) is 11.2 Å². The van der Waals surface area contributed by atoms with Gasteiger partial charge in [0.25, 0.3) is 5.91 Å². The van der Waals surface area contributed by atoms with Crippen LogP contribution in [0.3, 0.4) is 0 Å². The van der Waals surface area contributed by atoms with E-state index >= 15 is 0 Å². The maximum absolute atomic E-state index is 12.7. The van der Waals surface area contributed by atoms with Gasteiger partial charge in [0.2, 0.25) is 0 Å². The molecule has 1 amide bonds. The van der Waals surface area contributed by atoms with E-state index in [0.717, 1.165) is 85.6 Å². The molecule has 1 unspecified atom stereocenters. The highest BCUT2D eigenvalue weighted by Crippen LogP contribution is 2.41. The van der Waals surface area contributed by atoms with Gasteiger partial charge in [0.15, 0.2) is 0 Å². The van der Waals surface area contributed by atoms with Crippen molar-refractivity contribution >= 4 is 35.3 Å². The van der Waals surface area contributed by atoms with Crippen LogP contribution in [0.5, 0.6) is 0 Å². The molecule has 0 saturated carbocycles. The molecule has 2 atom stereocenters. The van der Waals surface area contributed by atoms with E-state index in [1.807, 2.05) is 22.9 Å². The van der Waals surface area contributed by atoms with Gasteiger partial charge in [0.05, 0.1) is 5.02 Å². The zero-order valence-electron chi connectivity index (χ0n) is 19.1. The first kappa shape index (κ1) is 22.9. The van der Waals surface area contributed by atoms with Crippen LogP contribution < -0.4 is 0 Å². The summed E-state index contributed by atoms with van der Waals surface area (Å²) in [4.78, 5) is 19.4. The Hall–Kier alpha value is -1.82. The molecule has 1 aliphatic carbocycles. The van der Waals surface area contributed by atoms with E-state index in [1.165, 1.54) is 5.56 Å². The van der Waals surface area contributed by atoms with E-state index in [1.54, 1.807) is 0 Å². The average molecular weight is 483 g/mol. The van der Waals surface area contributed by atoms with Crippen molar-refractivity contribution in [1.82, 2.24) is 9.88 Å². The van der Waals surface area contributed by atoms with Gasteiger partial charge < -0.3 is 9.64 Å². The molecule has 2 fully saturated rings. The predicted octanol–water partition coefficient (Wildman–Crippen LogP) is 6.18. The van der Waals surface area contributed by atoms with Crippen LogP contribution in [0.25, 0.3) is 17.2 Å². The van der Waals surface area contributed by atoms with Gasteiger partial charge in [-0.15, -0.1) is 0 Å². The number of carbonyl (C=O) groups excluding carboxylic acids is 1. The third-order valence-electron chi connectivity index (χ3n) is 7.25. The lowest BCUT2D eigenvalue weighted by Crippen LogP contribution is -2.44. The third-order valence-corrected chi connectivity index (χ3v) is 8.83. The molecule has 33 heavy (non-hydrogen) atoms. The zero-order chi connectivity index (χ0) is 22.8. The fourth-order valence-electron chi connectivity index (χ4n) is 5.38. The highest BCUT2D eigenvalue weighted by atomic mass is 35.5. The lowest BCUT2D eigenvalue weighted by molar-refractivity contribution is -0.142. The maximum atomic E-state index is 12.7.